The van der Waals surface area contributed by atoms with E-state index in [1.54, 1.807) is 6.07 Å². The molecule has 4 rings (SSSR count). The Morgan fingerprint density at radius 1 is 1.22 bits per heavy atom. The fourth-order valence-electron chi connectivity index (χ4n) is 3.37. The molecule has 3 aromatic rings. The van der Waals surface area contributed by atoms with Crippen molar-refractivity contribution in [2.75, 3.05) is 25.5 Å². The quantitative estimate of drug-likeness (QED) is 0.743. The summed E-state index contributed by atoms with van der Waals surface area (Å²) >= 11 is 0. The van der Waals surface area contributed by atoms with Crippen molar-refractivity contribution in [3.05, 3.63) is 60.0 Å². The summed E-state index contributed by atoms with van der Waals surface area (Å²) in [7, 11) is 0. The minimum atomic E-state index is -0.303. The summed E-state index contributed by atoms with van der Waals surface area (Å²) in [5.74, 6) is 0.200. The lowest BCUT2D eigenvalue weighted by Gasteiger charge is -2.12. The lowest BCUT2D eigenvalue weighted by Crippen LogP contribution is -2.29. The van der Waals surface area contributed by atoms with E-state index in [2.05, 4.69) is 10.3 Å². The van der Waals surface area contributed by atoms with E-state index in [1.807, 2.05) is 24.3 Å². The highest BCUT2D eigenvalue weighted by molar-refractivity contribution is 6.09. The topological polar surface area (TPSA) is 77.2 Å². The van der Waals surface area contributed by atoms with E-state index < -0.39 is 0 Å². The maximum Gasteiger partial charge on any atom is 0.253 e. The maximum atomic E-state index is 13.5. The Labute approximate surface area is 156 Å². The standard InChI is InChI=1S/C21H20FN3O2/c22-16-3-1-2-14(8-16)15-4-5-17-18(9-15)20(23)24-11-19(17)21(26)25-10-13-6-7-27-12-13/h1-5,8-9,11,13H,6-7,10,12H2,(H2,23,24)(H,25,26). The van der Waals surface area contributed by atoms with Crippen LogP contribution in [0.25, 0.3) is 21.9 Å². The van der Waals surface area contributed by atoms with Gasteiger partial charge in [-0.15, -0.1) is 0 Å². The van der Waals surface area contributed by atoms with Crippen molar-refractivity contribution in [2.45, 2.75) is 6.42 Å². The smallest absolute Gasteiger partial charge is 0.253 e. The molecule has 6 heteroatoms. The van der Waals surface area contributed by atoms with Gasteiger partial charge in [-0.1, -0.05) is 24.3 Å². The number of rotatable bonds is 4. The number of pyridine rings is 1. The predicted octanol–water partition coefficient (Wildman–Crippen LogP) is 3.39. The maximum absolute atomic E-state index is 13.5. The molecule has 1 unspecified atom stereocenters. The Morgan fingerprint density at radius 3 is 2.85 bits per heavy atom. The monoisotopic (exact) mass is 365 g/mol. The molecule has 0 radical (unpaired) electrons. The molecule has 0 aliphatic carbocycles. The number of nitrogens with zero attached hydrogens (tertiary/aromatic N) is 1. The summed E-state index contributed by atoms with van der Waals surface area (Å²) in [6, 6.07) is 11.9. The number of fused-ring (bicyclic) bond motifs is 1. The third-order valence-electron chi connectivity index (χ3n) is 4.90. The normalized spacial score (nSPS) is 16.6. The van der Waals surface area contributed by atoms with Crippen molar-refractivity contribution in [3.63, 3.8) is 0 Å². The number of benzene rings is 2. The van der Waals surface area contributed by atoms with Crippen LogP contribution >= 0.6 is 0 Å². The summed E-state index contributed by atoms with van der Waals surface area (Å²) in [6.45, 7) is 2.00. The summed E-state index contributed by atoms with van der Waals surface area (Å²) in [4.78, 5) is 16.8. The number of carbonyl (C=O) groups is 1. The van der Waals surface area contributed by atoms with Crippen LogP contribution in [0.5, 0.6) is 0 Å². The van der Waals surface area contributed by atoms with Crippen molar-refractivity contribution < 1.29 is 13.9 Å². The van der Waals surface area contributed by atoms with Gasteiger partial charge in [0.05, 0.1) is 12.2 Å². The van der Waals surface area contributed by atoms with E-state index in [9.17, 15) is 9.18 Å². The van der Waals surface area contributed by atoms with E-state index in [-0.39, 0.29) is 11.7 Å². The van der Waals surface area contributed by atoms with Crippen LogP contribution in [0, 0.1) is 11.7 Å². The van der Waals surface area contributed by atoms with Crippen molar-refractivity contribution in [2.24, 2.45) is 5.92 Å². The first kappa shape index (κ1) is 17.4. The summed E-state index contributed by atoms with van der Waals surface area (Å²) < 4.78 is 18.9. The highest BCUT2D eigenvalue weighted by Crippen LogP contribution is 2.29. The molecule has 27 heavy (non-hydrogen) atoms. The number of nitrogens with two attached hydrogens (primary N) is 1. The molecule has 1 aliphatic rings. The van der Waals surface area contributed by atoms with Gasteiger partial charge in [-0.3, -0.25) is 4.79 Å². The molecule has 3 N–H and O–H groups in total. The summed E-state index contributed by atoms with van der Waals surface area (Å²) in [5, 5.41) is 4.36. The van der Waals surface area contributed by atoms with Crippen LogP contribution in [-0.4, -0.2) is 30.6 Å². The zero-order valence-electron chi connectivity index (χ0n) is 14.7. The Balaban J connectivity index is 1.66. The van der Waals surface area contributed by atoms with Crippen LogP contribution in [0.1, 0.15) is 16.8 Å². The molecule has 5 nitrogen and oxygen atoms in total. The van der Waals surface area contributed by atoms with Gasteiger partial charge in [0.1, 0.15) is 11.6 Å². The molecule has 1 amide bonds. The number of ether oxygens (including phenoxy) is 1. The van der Waals surface area contributed by atoms with E-state index in [0.29, 0.717) is 35.8 Å². The van der Waals surface area contributed by atoms with Gasteiger partial charge in [-0.25, -0.2) is 9.37 Å². The van der Waals surface area contributed by atoms with E-state index in [1.165, 1.54) is 18.3 Å². The van der Waals surface area contributed by atoms with Gasteiger partial charge in [0, 0.05) is 30.7 Å². The first-order valence-corrected chi connectivity index (χ1v) is 8.92. The number of aromatic nitrogens is 1. The molecule has 2 heterocycles. The third kappa shape index (κ3) is 3.61. The fraction of sp³-hybridized carbons (Fsp3) is 0.238. The molecule has 1 saturated heterocycles. The molecule has 2 aromatic carbocycles. The zero-order chi connectivity index (χ0) is 18.8. The molecule has 1 aromatic heterocycles. The lowest BCUT2D eigenvalue weighted by atomic mass is 9.99. The second kappa shape index (κ2) is 7.32. The van der Waals surface area contributed by atoms with Crippen LogP contribution in [0.3, 0.4) is 0 Å². The molecule has 138 valence electrons. The molecular formula is C21H20FN3O2. The second-order valence-corrected chi connectivity index (χ2v) is 6.77. The zero-order valence-corrected chi connectivity index (χ0v) is 14.7. The van der Waals surface area contributed by atoms with Crippen molar-refractivity contribution in [3.8, 4) is 11.1 Å². The molecule has 1 fully saturated rings. The molecule has 0 spiro atoms. The minimum Gasteiger partial charge on any atom is -0.383 e. The first-order chi connectivity index (χ1) is 13.1. The highest BCUT2D eigenvalue weighted by Gasteiger charge is 2.18. The predicted molar refractivity (Wildman–Crippen MR) is 103 cm³/mol. The van der Waals surface area contributed by atoms with Gasteiger partial charge in [-0.05, 0) is 41.1 Å². The fourth-order valence-corrected chi connectivity index (χ4v) is 3.37. The van der Waals surface area contributed by atoms with Gasteiger partial charge in [-0.2, -0.15) is 0 Å². The van der Waals surface area contributed by atoms with Gasteiger partial charge in [0.25, 0.3) is 5.91 Å². The number of hydrogen-bond acceptors (Lipinski definition) is 4. The van der Waals surface area contributed by atoms with E-state index in [4.69, 9.17) is 10.5 Å². The van der Waals surface area contributed by atoms with Crippen molar-refractivity contribution >= 4 is 22.5 Å². The number of carbonyl (C=O) groups excluding carboxylic acids is 1. The minimum absolute atomic E-state index is 0.182. The number of hydrogen-bond donors (Lipinski definition) is 2. The number of amides is 1. The number of anilines is 1. The van der Waals surface area contributed by atoms with Gasteiger partial charge < -0.3 is 15.8 Å². The number of nitrogens with one attached hydrogen (secondary N) is 1. The van der Waals surface area contributed by atoms with Gasteiger partial charge in [0.15, 0.2) is 0 Å². The number of nitrogen functional groups attached to an aromatic ring is 1. The van der Waals surface area contributed by atoms with Crippen LogP contribution in [-0.2, 0) is 4.74 Å². The van der Waals surface area contributed by atoms with E-state index >= 15 is 0 Å². The van der Waals surface area contributed by atoms with Crippen LogP contribution in [0.15, 0.2) is 48.7 Å². The average Bonchev–Trinajstić information content (AvgIpc) is 3.20. The summed E-state index contributed by atoms with van der Waals surface area (Å²) in [5.41, 5.74) is 8.08. The lowest BCUT2D eigenvalue weighted by molar-refractivity contribution is 0.0946. The first-order valence-electron chi connectivity index (χ1n) is 8.92. The van der Waals surface area contributed by atoms with Crippen LogP contribution in [0.2, 0.25) is 0 Å². The SMILES string of the molecule is Nc1ncc(C(=O)NCC2CCOC2)c2ccc(-c3cccc(F)c3)cc12. The second-order valence-electron chi connectivity index (χ2n) is 6.77. The van der Waals surface area contributed by atoms with Crippen molar-refractivity contribution in [1.82, 2.24) is 10.3 Å². The Bertz CT molecular complexity index is 1000. The molecule has 1 aliphatic heterocycles. The van der Waals surface area contributed by atoms with E-state index in [0.717, 1.165) is 29.5 Å². The Morgan fingerprint density at radius 2 is 2.07 bits per heavy atom. The third-order valence-corrected chi connectivity index (χ3v) is 4.90. The largest absolute Gasteiger partial charge is 0.383 e. The number of halogens is 1. The van der Waals surface area contributed by atoms with Gasteiger partial charge >= 0.3 is 0 Å². The molecule has 0 bridgehead atoms. The van der Waals surface area contributed by atoms with Crippen molar-refractivity contribution in [1.29, 1.82) is 0 Å². The molecule has 1 atom stereocenters. The highest BCUT2D eigenvalue weighted by atomic mass is 19.1. The Kier molecular flexibility index (Phi) is 4.73. The van der Waals surface area contributed by atoms with Crippen LogP contribution < -0.4 is 11.1 Å². The Hall–Kier alpha value is -2.99. The summed E-state index contributed by atoms with van der Waals surface area (Å²) in [6.07, 6.45) is 2.46. The van der Waals surface area contributed by atoms with Crippen LogP contribution in [0.4, 0.5) is 10.2 Å². The molecule has 0 saturated carbocycles. The van der Waals surface area contributed by atoms with Gasteiger partial charge in [0.2, 0.25) is 0 Å². The average molecular weight is 365 g/mol. The molecular weight excluding hydrogens is 345 g/mol.